The number of hydrogen-bond donors (Lipinski definition) is 1. The summed E-state index contributed by atoms with van der Waals surface area (Å²) in [6, 6.07) is 4.11. The number of aryl methyl sites for hydroxylation is 2. The quantitative estimate of drug-likeness (QED) is 0.918. The summed E-state index contributed by atoms with van der Waals surface area (Å²) in [5.41, 5.74) is 2.85. The van der Waals surface area contributed by atoms with Crippen molar-refractivity contribution in [3.63, 3.8) is 0 Å². The van der Waals surface area contributed by atoms with Gasteiger partial charge in [0.2, 0.25) is 0 Å². The van der Waals surface area contributed by atoms with Gasteiger partial charge in [-0.2, -0.15) is 11.8 Å². The molecule has 2 nitrogen and oxygen atoms in total. The molecule has 1 aromatic rings. The van der Waals surface area contributed by atoms with Crippen LogP contribution in [0.2, 0.25) is 0 Å². The van der Waals surface area contributed by atoms with E-state index in [9.17, 15) is 4.39 Å². The predicted octanol–water partition coefficient (Wildman–Crippen LogP) is 2.75. The summed E-state index contributed by atoms with van der Waals surface area (Å²) in [5, 5.41) is 3.32. The van der Waals surface area contributed by atoms with Gasteiger partial charge in [0.25, 0.3) is 0 Å². The number of halogens is 1. The van der Waals surface area contributed by atoms with Crippen LogP contribution in [0.4, 0.5) is 4.39 Å². The lowest BCUT2D eigenvalue weighted by Crippen LogP contribution is -2.47. The third-order valence-electron chi connectivity index (χ3n) is 3.93. The third kappa shape index (κ3) is 3.12. The van der Waals surface area contributed by atoms with Gasteiger partial charge in [-0.25, -0.2) is 4.39 Å². The van der Waals surface area contributed by atoms with Crippen LogP contribution in [0.25, 0.3) is 0 Å². The second-order valence-corrected chi connectivity index (χ2v) is 6.52. The van der Waals surface area contributed by atoms with E-state index in [0.29, 0.717) is 6.04 Å². The highest BCUT2D eigenvalue weighted by Crippen LogP contribution is 2.30. The molecule has 19 heavy (non-hydrogen) atoms. The standard InChI is InChI=1S/C15H23FN2S/c1-10-7-11(2)14(12(16)8-10)15(17-3)13-9-19-6-5-18(13)4/h7-8,13,15,17H,5-6,9H2,1-4H3. The van der Waals surface area contributed by atoms with Crippen LogP contribution in [0.3, 0.4) is 0 Å². The van der Waals surface area contributed by atoms with Crippen molar-refractivity contribution in [3.8, 4) is 0 Å². The van der Waals surface area contributed by atoms with Crippen molar-refractivity contribution >= 4 is 11.8 Å². The molecule has 1 fully saturated rings. The van der Waals surface area contributed by atoms with Crippen molar-refractivity contribution in [2.24, 2.45) is 0 Å². The number of rotatable bonds is 3. The fourth-order valence-electron chi connectivity index (χ4n) is 2.91. The molecule has 0 saturated carbocycles. The van der Waals surface area contributed by atoms with Crippen LogP contribution < -0.4 is 5.32 Å². The number of hydrogen-bond acceptors (Lipinski definition) is 3. The number of thioether (sulfide) groups is 1. The van der Waals surface area contributed by atoms with Gasteiger partial charge in [-0.1, -0.05) is 6.07 Å². The molecular formula is C15H23FN2S. The van der Waals surface area contributed by atoms with Crippen molar-refractivity contribution in [2.45, 2.75) is 25.9 Å². The molecule has 2 atom stereocenters. The summed E-state index contributed by atoms with van der Waals surface area (Å²) in [6.07, 6.45) is 0. The third-order valence-corrected chi connectivity index (χ3v) is 4.98. The van der Waals surface area contributed by atoms with Gasteiger partial charge < -0.3 is 5.32 Å². The van der Waals surface area contributed by atoms with Gasteiger partial charge in [-0.3, -0.25) is 4.90 Å². The van der Waals surface area contributed by atoms with E-state index in [4.69, 9.17) is 0 Å². The Morgan fingerprint density at radius 3 is 2.74 bits per heavy atom. The number of nitrogens with one attached hydrogen (secondary N) is 1. The minimum atomic E-state index is -0.0826. The zero-order chi connectivity index (χ0) is 14.0. The van der Waals surface area contributed by atoms with Crippen molar-refractivity contribution in [1.29, 1.82) is 0 Å². The van der Waals surface area contributed by atoms with Gasteiger partial charge in [0.15, 0.2) is 0 Å². The molecule has 0 radical (unpaired) electrons. The molecule has 1 aliphatic rings. The first kappa shape index (κ1) is 14.8. The van der Waals surface area contributed by atoms with E-state index in [1.807, 2.05) is 32.7 Å². The average Bonchev–Trinajstić information content (AvgIpc) is 2.34. The predicted molar refractivity (Wildman–Crippen MR) is 81.4 cm³/mol. The first-order valence-corrected chi connectivity index (χ1v) is 7.92. The lowest BCUT2D eigenvalue weighted by Gasteiger charge is -2.38. The van der Waals surface area contributed by atoms with E-state index in [1.165, 1.54) is 5.75 Å². The molecule has 1 heterocycles. The Kier molecular flexibility index (Phi) is 4.87. The molecule has 1 aromatic carbocycles. The maximum atomic E-state index is 14.4. The lowest BCUT2D eigenvalue weighted by atomic mass is 9.93. The van der Waals surface area contributed by atoms with Crippen molar-refractivity contribution in [1.82, 2.24) is 10.2 Å². The van der Waals surface area contributed by atoms with E-state index in [-0.39, 0.29) is 11.9 Å². The van der Waals surface area contributed by atoms with Gasteiger partial charge in [0.1, 0.15) is 5.82 Å². The van der Waals surface area contributed by atoms with Gasteiger partial charge in [-0.05, 0) is 45.1 Å². The summed E-state index contributed by atoms with van der Waals surface area (Å²) >= 11 is 1.96. The Hall–Kier alpha value is -0.580. The molecule has 0 bridgehead atoms. The van der Waals surface area contributed by atoms with Crippen LogP contribution in [-0.4, -0.2) is 43.1 Å². The molecule has 1 saturated heterocycles. The lowest BCUT2D eigenvalue weighted by molar-refractivity contribution is 0.218. The van der Waals surface area contributed by atoms with Crippen molar-refractivity contribution in [3.05, 3.63) is 34.6 Å². The van der Waals surface area contributed by atoms with Crippen LogP contribution in [0.5, 0.6) is 0 Å². The van der Waals surface area contributed by atoms with Crippen molar-refractivity contribution < 1.29 is 4.39 Å². The van der Waals surface area contributed by atoms with Crippen LogP contribution in [0.1, 0.15) is 22.7 Å². The molecular weight excluding hydrogens is 259 g/mol. The number of benzene rings is 1. The SMILES string of the molecule is CNC(c1c(C)cc(C)cc1F)C1CSCCN1C. The summed E-state index contributed by atoms with van der Waals surface area (Å²) < 4.78 is 14.4. The maximum Gasteiger partial charge on any atom is 0.128 e. The van der Waals surface area contributed by atoms with Gasteiger partial charge in [0.05, 0.1) is 6.04 Å². The van der Waals surface area contributed by atoms with Crippen LogP contribution in [0, 0.1) is 19.7 Å². The Bertz CT molecular complexity index is 427. The molecule has 1 aliphatic heterocycles. The first-order chi connectivity index (χ1) is 9.04. The topological polar surface area (TPSA) is 15.3 Å². The highest BCUT2D eigenvalue weighted by atomic mass is 32.2. The van der Waals surface area contributed by atoms with Gasteiger partial charge in [0, 0.05) is 29.7 Å². The Morgan fingerprint density at radius 2 is 2.16 bits per heavy atom. The fraction of sp³-hybridized carbons (Fsp3) is 0.600. The average molecular weight is 282 g/mol. The van der Waals surface area contributed by atoms with E-state index < -0.39 is 0 Å². The molecule has 2 unspecified atom stereocenters. The van der Waals surface area contributed by atoms with E-state index in [1.54, 1.807) is 6.07 Å². The molecule has 0 aromatic heterocycles. The maximum absolute atomic E-state index is 14.4. The second-order valence-electron chi connectivity index (χ2n) is 5.37. The Balaban J connectivity index is 2.36. The molecule has 0 aliphatic carbocycles. The first-order valence-electron chi connectivity index (χ1n) is 6.76. The molecule has 2 rings (SSSR count). The smallest absolute Gasteiger partial charge is 0.128 e. The van der Waals surface area contributed by atoms with Crippen LogP contribution in [-0.2, 0) is 0 Å². The Labute approximate surface area is 119 Å². The summed E-state index contributed by atoms with van der Waals surface area (Å²) in [6.45, 7) is 5.02. The van der Waals surface area contributed by atoms with Gasteiger partial charge in [-0.15, -0.1) is 0 Å². The van der Waals surface area contributed by atoms with E-state index in [0.717, 1.165) is 29.0 Å². The van der Waals surface area contributed by atoms with Crippen LogP contribution >= 0.6 is 11.8 Å². The van der Waals surface area contributed by atoms with Crippen molar-refractivity contribution in [2.75, 3.05) is 32.1 Å². The molecule has 106 valence electrons. The van der Waals surface area contributed by atoms with Crippen LogP contribution in [0.15, 0.2) is 12.1 Å². The van der Waals surface area contributed by atoms with Gasteiger partial charge >= 0.3 is 0 Å². The number of nitrogens with zero attached hydrogens (tertiary/aromatic N) is 1. The zero-order valence-electron chi connectivity index (χ0n) is 12.2. The molecule has 4 heteroatoms. The van der Waals surface area contributed by atoms with E-state index >= 15 is 0 Å². The minimum absolute atomic E-state index is 0.0541. The summed E-state index contributed by atoms with van der Waals surface area (Å²) in [7, 11) is 4.06. The summed E-state index contributed by atoms with van der Waals surface area (Å²) in [4.78, 5) is 2.34. The molecule has 0 spiro atoms. The molecule has 1 N–H and O–H groups in total. The fourth-order valence-corrected chi connectivity index (χ4v) is 4.18. The largest absolute Gasteiger partial charge is 0.312 e. The highest BCUT2D eigenvalue weighted by Gasteiger charge is 2.30. The van der Waals surface area contributed by atoms with E-state index in [2.05, 4.69) is 23.3 Å². The Morgan fingerprint density at radius 1 is 1.42 bits per heavy atom. The summed E-state index contributed by atoms with van der Waals surface area (Å²) in [5.74, 6) is 2.13. The second kappa shape index (κ2) is 6.25. The zero-order valence-corrected chi connectivity index (χ0v) is 13.0. The monoisotopic (exact) mass is 282 g/mol. The normalized spacial score (nSPS) is 22.5. The minimum Gasteiger partial charge on any atom is -0.312 e. The highest BCUT2D eigenvalue weighted by molar-refractivity contribution is 7.99. The molecule has 0 amide bonds. The number of likely N-dealkylation sites (N-methyl/N-ethyl adjacent to an activating group) is 2.